The highest BCUT2D eigenvalue weighted by atomic mass is 32.1. The van der Waals surface area contributed by atoms with Crippen LogP contribution in [0.15, 0.2) is 48.7 Å². The monoisotopic (exact) mass is 430 g/mol. The van der Waals surface area contributed by atoms with Crippen LogP contribution in [0.2, 0.25) is 0 Å². The molecule has 4 rings (SSSR count). The number of thiazole rings is 1. The van der Waals surface area contributed by atoms with Crippen molar-refractivity contribution in [2.45, 2.75) is 13.0 Å². The summed E-state index contributed by atoms with van der Waals surface area (Å²) in [4.78, 5) is 18.3. The zero-order chi connectivity index (χ0) is 20.4. The first kappa shape index (κ1) is 19.6. The molecule has 1 amide bonds. The Bertz CT molecular complexity index is 1190. The molecule has 0 aliphatic heterocycles. The minimum Gasteiger partial charge on any atom is -0.380 e. The number of halogens is 2. The first-order valence-corrected chi connectivity index (χ1v) is 10.4. The molecule has 0 saturated carbocycles. The normalized spacial score (nSPS) is 11.1. The van der Waals surface area contributed by atoms with E-state index in [1.807, 2.05) is 0 Å². The first-order chi connectivity index (χ1) is 14.1. The van der Waals surface area contributed by atoms with Crippen LogP contribution in [0.1, 0.15) is 25.7 Å². The number of methoxy groups -OCH3 is 1. The van der Waals surface area contributed by atoms with E-state index in [9.17, 15) is 13.6 Å². The van der Waals surface area contributed by atoms with E-state index in [0.717, 1.165) is 4.88 Å². The van der Waals surface area contributed by atoms with Crippen molar-refractivity contribution >= 4 is 43.8 Å². The van der Waals surface area contributed by atoms with E-state index in [1.54, 1.807) is 36.5 Å². The minimum absolute atomic E-state index is 0.125. The molecule has 8 heteroatoms. The number of nitrogens with one attached hydrogen (secondary N) is 1. The number of thiophene rings is 1. The van der Waals surface area contributed by atoms with Crippen LogP contribution in [0.3, 0.4) is 0 Å². The summed E-state index contributed by atoms with van der Waals surface area (Å²) < 4.78 is 34.0. The number of hydrogen-bond donors (Lipinski definition) is 1. The van der Waals surface area contributed by atoms with E-state index >= 15 is 0 Å². The molecule has 0 aliphatic rings. The predicted octanol–water partition coefficient (Wildman–Crippen LogP) is 5.63. The quantitative estimate of drug-likeness (QED) is 0.432. The highest BCUT2D eigenvalue weighted by Crippen LogP contribution is 2.34. The second kappa shape index (κ2) is 8.36. The van der Waals surface area contributed by atoms with E-state index in [0.29, 0.717) is 37.6 Å². The average Bonchev–Trinajstić information content (AvgIpc) is 3.29. The molecule has 0 fully saturated rings. The van der Waals surface area contributed by atoms with Gasteiger partial charge in [0, 0.05) is 40.3 Å². The number of benzene rings is 2. The molecule has 0 unspecified atom stereocenters. The van der Waals surface area contributed by atoms with Gasteiger partial charge in [-0.15, -0.1) is 22.7 Å². The fraction of sp³-hybridized carbons (Fsp3) is 0.143. The summed E-state index contributed by atoms with van der Waals surface area (Å²) in [5.41, 5.74) is 1.09. The molecule has 2 aromatic heterocycles. The number of fused-ring (bicyclic) bond motifs is 1. The van der Waals surface area contributed by atoms with Crippen molar-refractivity contribution in [2.75, 3.05) is 12.4 Å². The van der Waals surface area contributed by atoms with Gasteiger partial charge < -0.3 is 4.74 Å². The fourth-order valence-corrected chi connectivity index (χ4v) is 5.01. The Morgan fingerprint density at radius 2 is 1.90 bits per heavy atom. The van der Waals surface area contributed by atoms with Gasteiger partial charge in [-0.2, -0.15) is 0 Å². The number of nitrogens with zero attached hydrogens (tertiary/aromatic N) is 1. The Morgan fingerprint density at radius 1 is 1.10 bits per heavy atom. The molecular weight excluding hydrogens is 414 g/mol. The van der Waals surface area contributed by atoms with Gasteiger partial charge in [-0.1, -0.05) is 24.3 Å². The number of hydrogen-bond acceptors (Lipinski definition) is 5. The maximum atomic E-state index is 14.3. The summed E-state index contributed by atoms with van der Waals surface area (Å²) in [7, 11) is 1.50. The van der Waals surface area contributed by atoms with Crippen molar-refractivity contribution in [1.82, 2.24) is 4.98 Å². The molecule has 0 saturated heterocycles. The maximum absolute atomic E-state index is 14.3. The molecule has 2 heterocycles. The highest BCUT2D eigenvalue weighted by Gasteiger charge is 2.21. The molecular formula is C21H16F2N2O2S2. The lowest BCUT2D eigenvalue weighted by atomic mass is 10.1. The van der Waals surface area contributed by atoms with Gasteiger partial charge in [0.15, 0.2) is 5.13 Å². The summed E-state index contributed by atoms with van der Waals surface area (Å²) in [6.45, 7) is 0.125. The molecule has 0 aliphatic carbocycles. The number of rotatable bonds is 6. The van der Waals surface area contributed by atoms with Crippen LogP contribution in [0.5, 0.6) is 0 Å². The summed E-state index contributed by atoms with van der Waals surface area (Å²) in [5, 5.41) is 3.58. The number of ether oxygens (including phenoxy) is 1. The molecule has 0 atom stereocenters. The van der Waals surface area contributed by atoms with Crippen molar-refractivity contribution in [2.24, 2.45) is 0 Å². The average molecular weight is 431 g/mol. The van der Waals surface area contributed by atoms with Crippen molar-refractivity contribution in [1.29, 1.82) is 0 Å². The van der Waals surface area contributed by atoms with E-state index < -0.39 is 0 Å². The van der Waals surface area contributed by atoms with E-state index in [-0.39, 0.29) is 24.1 Å². The number of aromatic nitrogens is 1. The Labute approximate surface area is 173 Å². The van der Waals surface area contributed by atoms with Gasteiger partial charge in [0.25, 0.3) is 5.91 Å². The largest absolute Gasteiger partial charge is 0.380 e. The van der Waals surface area contributed by atoms with Gasteiger partial charge >= 0.3 is 0 Å². The van der Waals surface area contributed by atoms with E-state index in [4.69, 9.17) is 4.74 Å². The third kappa shape index (κ3) is 4.05. The van der Waals surface area contributed by atoms with Crippen LogP contribution in [-0.2, 0) is 17.8 Å². The van der Waals surface area contributed by atoms with Gasteiger partial charge in [0.2, 0.25) is 0 Å². The zero-order valence-corrected chi connectivity index (χ0v) is 17.0. The van der Waals surface area contributed by atoms with Crippen LogP contribution in [0.25, 0.3) is 10.1 Å². The lowest BCUT2D eigenvalue weighted by Gasteiger charge is -2.04. The Morgan fingerprint density at radius 3 is 2.69 bits per heavy atom. The lowest BCUT2D eigenvalue weighted by Crippen LogP contribution is -2.12. The van der Waals surface area contributed by atoms with Gasteiger partial charge in [-0.05, 0) is 23.8 Å². The molecule has 0 spiro atoms. The van der Waals surface area contributed by atoms with Gasteiger partial charge in [-0.25, -0.2) is 13.8 Å². The third-order valence-electron chi connectivity index (χ3n) is 4.35. The molecule has 2 aromatic carbocycles. The van der Waals surface area contributed by atoms with E-state index in [2.05, 4.69) is 10.3 Å². The van der Waals surface area contributed by atoms with Gasteiger partial charge in [0.1, 0.15) is 11.6 Å². The Hall–Kier alpha value is -2.68. The molecule has 4 nitrogen and oxygen atoms in total. The SMILES string of the molecule is COCc1c(C(=O)Nc2ncc(Cc3ccccc3F)s2)sc2cccc(F)c12. The molecule has 148 valence electrons. The smallest absolute Gasteiger partial charge is 0.267 e. The fourth-order valence-electron chi connectivity index (χ4n) is 3.06. The van der Waals surface area contributed by atoms with Crippen molar-refractivity contribution in [3.8, 4) is 0 Å². The second-order valence-electron chi connectivity index (χ2n) is 6.31. The number of amides is 1. The number of carbonyl (C=O) groups excluding carboxylic acids is 1. The number of anilines is 1. The lowest BCUT2D eigenvalue weighted by molar-refractivity contribution is 0.102. The molecule has 0 radical (unpaired) electrons. The Balaban J connectivity index is 1.57. The van der Waals surface area contributed by atoms with Crippen LogP contribution >= 0.6 is 22.7 Å². The van der Waals surface area contributed by atoms with Crippen molar-refractivity contribution in [3.05, 3.63) is 81.2 Å². The van der Waals surface area contributed by atoms with Crippen LogP contribution < -0.4 is 5.32 Å². The second-order valence-corrected chi connectivity index (χ2v) is 8.48. The molecule has 29 heavy (non-hydrogen) atoms. The topological polar surface area (TPSA) is 51.2 Å². The summed E-state index contributed by atoms with van der Waals surface area (Å²) >= 11 is 2.49. The van der Waals surface area contributed by atoms with Crippen LogP contribution in [0, 0.1) is 11.6 Å². The van der Waals surface area contributed by atoms with Crippen LogP contribution in [0.4, 0.5) is 13.9 Å². The number of carbonyl (C=O) groups is 1. The summed E-state index contributed by atoms with van der Waals surface area (Å²) in [5.74, 6) is -1.03. The molecule has 4 aromatic rings. The zero-order valence-electron chi connectivity index (χ0n) is 15.4. The van der Waals surface area contributed by atoms with Crippen molar-refractivity contribution < 1.29 is 18.3 Å². The summed E-state index contributed by atoms with van der Waals surface area (Å²) in [6, 6.07) is 11.3. The minimum atomic E-state index is -0.383. The van der Waals surface area contributed by atoms with E-state index in [1.165, 1.54) is 41.9 Å². The third-order valence-corrected chi connectivity index (χ3v) is 6.46. The standard InChI is InChI=1S/C21H16F2N2O2S2/c1-27-11-14-18-16(23)7-4-8-17(18)29-19(14)20(26)25-21-24-10-13(28-21)9-12-5-2-3-6-15(12)22/h2-8,10H,9,11H2,1H3,(H,24,25,26). The highest BCUT2D eigenvalue weighted by molar-refractivity contribution is 7.21. The van der Waals surface area contributed by atoms with Crippen LogP contribution in [-0.4, -0.2) is 18.0 Å². The molecule has 1 N–H and O–H groups in total. The first-order valence-electron chi connectivity index (χ1n) is 8.75. The van der Waals surface area contributed by atoms with Gasteiger partial charge in [-0.3, -0.25) is 10.1 Å². The molecule has 0 bridgehead atoms. The van der Waals surface area contributed by atoms with Crippen molar-refractivity contribution in [3.63, 3.8) is 0 Å². The Kier molecular flexibility index (Phi) is 5.66. The predicted molar refractivity (Wildman–Crippen MR) is 112 cm³/mol. The van der Waals surface area contributed by atoms with Gasteiger partial charge in [0.05, 0.1) is 11.5 Å². The summed E-state index contributed by atoms with van der Waals surface area (Å²) in [6.07, 6.45) is 2.01. The maximum Gasteiger partial charge on any atom is 0.267 e.